The van der Waals surface area contributed by atoms with E-state index in [9.17, 15) is 14.9 Å². The summed E-state index contributed by atoms with van der Waals surface area (Å²) < 4.78 is 13.0. The topological polar surface area (TPSA) is 109 Å². The van der Waals surface area contributed by atoms with E-state index >= 15 is 0 Å². The zero-order chi connectivity index (χ0) is 28.8. The van der Waals surface area contributed by atoms with Crippen LogP contribution in [0.1, 0.15) is 16.7 Å². The number of nitro groups is 1. The van der Waals surface area contributed by atoms with Crippen LogP contribution in [-0.4, -0.2) is 27.9 Å². The first-order chi connectivity index (χ1) is 20.0. The van der Waals surface area contributed by atoms with Gasteiger partial charge in [-0.3, -0.25) is 14.9 Å². The highest BCUT2D eigenvalue weighted by Gasteiger charge is 2.15. The Balaban J connectivity index is 1.54. The van der Waals surface area contributed by atoms with Gasteiger partial charge in [-0.25, -0.2) is 4.98 Å². The van der Waals surface area contributed by atoms with Crippen molar-refractivity contribution >= 4 is 22.8 Å². The second-order valence-electron chi connectivity index (χ2n) is 9.10. The van der Waals surface area contributed by atoms with Gasteiger partial charge in [0, 0.05) is 23.3 Å². The van der Waals surface area contributed by atoms with Crippen molar-refractivity contribution in [2.24, 2.45) is 5.10 Å². The molecule has 5 aromatic rings. The maximum atomic E-state index is 13.5. The van der Waals surface area contributed by atoms with Crippen LogP contribution in [0.15, 0.2) is 114 Å². The fourth-order valence-corrected chi connectivity index (χ4v) is 4.43. The van der Waals surface area contributed by atoms with Crippen LogP contribution in [0.5, 0.6) is 11.5 Å². The number of fused-ring (bicyclic) bond motifs is 1. The third-order valence-corrected chi connectivity index (χ3v) is 6.35. The largest absolute Gasteiger partial charge is 0.493 e. The third-order valence-electron chi connectivity index (χ3n) is 6.35. The quantitative estimate of drug-likeness (QED) is 0.0897. The lowest BCUT2D eigenvalue weighted by atomic mass is 10.1. The average molecular weight is 547 g/mol. The molecule has 0 saturated heterocycles. The lowest BCUT2D eigenvalue weighted by Gasteiger charge is -2.16. The molecule has 1 heterocycles. The maximum Gasteiger partial charge on any atom is 0.282 e. The van der Waals surface area contributed by atoms with Gasteiger partial charge < -0.3 is 9.47 Å². The molecule has 0 aliphatic carbocycles. The Bertz CT molecular complexity index is 1830. The monoisotopic (exact) mass is 546 g/mol. The molecule has 9 heteroatoms. The smallest absolute Gasteiger partial charge is 0.282 e. The van der Waals surface area contributed by atoms with E-state index in [0.717, 1.165) is 11.1 Å². The molecule has 0 saturated carbocycles. The molecule has 0 amide bonds. The first kappa shape index (κ1) is 27.0. The number of methoxy groups -OCH3 is 1. The summed E-state index contributed by atoms with van der Waals surface area (Å²) in [5.74, 6) is 1.36. The van der Waals surface area contributed by atoms with E-state index in [1.165, 1.54) is 23.9 Å². The van der Waals surface area contributed by atoms with Crippen molar-refractivity contribution in [2.75, 3.05) is 7.11 Å². The van der Waals surface area contributed by atoms with E-state index in [4.69, 9.17) is 14.5 Å². The molecule has 0 aliphatic rings. The summed E-state index contributed by atoms with van der Waals surface area (Å²) in [4.78, 5) is 28.9. The fraction of sp³-hybridized carbons (Fsp3) is 0.0938. The number of nitro benzene ring substituents is 1. The minimum absolute atomic E-state index is 0.00997. The summed E-state index contributed by atoms with van der Waals surface area (Å²) in [6.45, 7) is 3.96. The van der Waals surface area contributed by atoms with E-state index in [1.54, 1.807) is 48.7 Å². The minimum atomic E-state index is -0.444. The number of non-ortho nitro benzene ring substituents is 1. The second-order valence-corrected chi connectivity index (χ2v) is 9.10. The lowest BCUT2D eigenvalue weighted by molar-refractivity contribution is -0.384. The summed E-state index contributed by atoms with van der Waals surface area (Å²) in [7, 11) is 1.53. The van der Waals surface area contributed by atoms with E-state index in [1.807, 2.05) is 42.5 Å². The number of hydrogen-bond donors (Lipinski definition) is 0. The van der Waals surface area contributed by atoms with Crippen LogP contribution >= 0.6 is 0 Å². The normalized spacial score (nSPS) is 11.0. The van der Waals surface area contributed by atoms with Crippen molar-refractivity contribution in [3.05, 3.63) is 141 Å². The van der Waals surface area contributed by atoms with Crippen LogP contribution in [0, 0.1) is 10.1 Å². The Labute approximate surface area is 235 Å². The number of ether oxygens (including phenoxy) is 2. The van der Waals surface area contributed by atoms with Crippen molar-refractivity contribution in [2.45, 2.75) is 13.0 Å². The summed E-state index contributed by atoms with van der Waals surface area (Å²) in [6, 6.07) is 26.5. The zero-order valence-corrected chi connectivity index (χ0v) is 22.3. The third kappa shape index (κ3) is 5.89. The summed E-state index contributed by atoms with van der Waals surface area (Å²) in [6.07, 6.45) is 3.78. The predicted molar refractivity (Wildman–Crippen MR) is 159 cm³/mol. The van der Waals surface area contributed by atoms with Crippen LogP contribution in [-0.2, 0) is 13.0 Å². The highest BCUT2D eigenvalue weighted by molar-refractivity contribution is 5.83. The molecule has 204 valence electrons. The second kappa shape index (κ2) is 12.1. The molecule has 0 spiro atoms. The summed E-state index contributed by atoms with van der Waals surface area (Å²) >= 11 is 0. The predicted octanol–water partition coefficient (Wildman–Crippen LogP) is 6.17. The molecular weight excluding hydrogens is 520 g/mol. The SMILES string of the molecule is C=CCc1cc(C=Nn2c(-c3ccccc3)nc3ccccc3c2=O)cc(OC)c1OCc1cccc([N+](=O)[O-])c1. The maximum absolute atomic E-state index is 13.5. The van der Waals surface area contributed by atoms with Crippen LogP contribution in [0.25, 0.3) is 22.3 Å². The molecule has 9 nitrogen and oxygen atoms in total. The molecule has 41 heavy (non-hydrogen) atoms. The highest BCUT2D eigenvalue weighted by atomic mass is 16.6. The summed E-state index contributed by atoms with van der Waals surface area (Å²) in [5.41, 5.74) is 3.13. The number of rotatable bonds is 10. The van der Waals surface area contributed by atoms with Gasteiger partial charge in [-0.2, -0.15) is 9.78 Å². The van der Waals surface area contributed by atoms with Crippen molar-refractivity contribution < 1.29 is 14.4 Å². The Morgan fingerprint density at radius 1 is 1.02 bits per heavy atom. The molecule has 0 unspecified atom stereocenters. The lowest BCUT2D eigenvalue weighted by Crippen LogP contribution is -2.20. The Hall–Kier alpha value is -5.57. The van der Waals surface area contributed by atoms with Crippen molar-refractivity contribution in [3.8, 4) is 22.9 Å². The van der Waals surface area contributed by atoms with Crippen LogP contribution in [0.3, 0.4) is 0 Å². The van der Waals surface area contributed by atoms with Gasteiger partial charge in [0.25, 0.3) is 11.2 Å². The molecule has 1 aromatic heterocycles. The van der Waals surface area contributed by atoms with Gasteiger partial charge in [-0.05, 0) is 41.8 Å². The minimum Gasteiger partial charge on any atom is -0.493 e. The van der Waals surface area contributed by atoms with Gasteiger partial charge in [-0.15, -0.1) is 6.58 Å². The van der Waals surface area contributed by atoms with Gasteiger partial charge in [0.05, 0.1) is 29.2 Å². The Morgan fingerprint density at radius 2 is 1.80 bits per heavy atom. The fourth-order valence-electron chi connectivity index (χ4n) is 4.43. The number of benzene rings is 4. The molecule has 4 aromatic carbocycles. The van der Waals surface area contributed by atoms with Gasteiger partial charge >= 0.3 is 0 Å². The van der Waals surface area contributed by atoms with Crippen molar-refractivity contribution in [1.82, 2.24) is 9.66 Å². The van der Waals surface area contributed by atoms with E-state index in [0.29, 0.717) is 45.8 Å². The first-order valence-corrected chi connectivity index (χ1v) is 12.8. The number of para-hydroxylation sites is 1. The molecule has 0 atom stereocenters. The van der Waals surface area contributed by atoms with Gasteiger partial charge in [0.15, 0.2) is 17.3 Å². The van der Waals surface area contributed by atoms with E-state index in [-0.39, 0.29) is 17.9 Å². The van der Waals surface area contributed by atoms with Crippen molar-refractivity contribution in [1.29, 1.82) is 0 Å². The van der Waals surface area contributed by atoms with Crippen LogP contribution < -0.4 is 15.0 Å². The molecule has 0 bridgehead atoms. The summed E-state index contributed by atoms with van der Waals surface area (Å²) in [5, 5.41) is 16.2. The molecule has 0 radical (unpaired) electrons. The first-order valence-electron chi connectivity index (χ1n) is 12.8. The molecular formula is C32H26N4O5. The molecule has 5 rings (SSSR count). The number of aromatic nitrogens is 2. The number of hydrogen-bond acceptors (Lipinski definition) is 7. The van der Waals surface area contributed by atoms with Crippen LogP contribution in [0.4, 0.5) is 5.69 Å². The van der Waals surface area contributed by atoms with Crippen molar-refractivity contribution in [3.63, 3.8) is 0 Å². The molecule has 0 aliphatic heterocycles. The van der Waals surface area contributed by atoms with E-state index in [2.05, 4.69) is 11.7 Å². The Kier molecular flexibility index (Phi) is 7.96. The number of allylic oxidation sites excluding steroid dienone is 1. The Morgan fingerprint density at radius 3 is 2.56 bits per heavy atom. The molecule has 0 fully saturated rings. The van der Waals surface area contributed by atoms with Crippen LogP contribution in [0.2, 0.25) is 0 Å². The zero-order valence-electron chi connectivity index (χ0n) is 22.3. The van der Waals surface area contributed by atoms with Gasteiger partial charge in [0.1, 0.15) is 6.61 Å². The standard InChI is InChI=1S/C32H26N4O5/c1-3-10-25-17-23(19-29(40-2)30(25)41-21-22-11-9-14-26(18-22)36(38)39)20-33-35-31(24-12-5-4-6-13-24)34-28-16-8-7-15-27(28)32(35)37/h3-9,11-20H,1,10,21H2,2H3. The highest BCUT2D eigenvalue weighted by Crippen LogP contribution is 2.34. The van der Waals surface area contributed by atoms with Gasteiger partial charge in [0.2, 0.25) is 0 Å². The van der Waals surface area contributed by atoms with E-state index < -0.39 is 4.92 Å². The number of nitrogens with zero attached hydrogens (tertiary/aromatic N) is 4. The van der Waals surface area contributed by atoms with Gasteiger partial charge in [-0.1, -0.05) is 60.7 Å². The average Bonchev–Trinajstić information content (AvgIpc) is 3.00. The molecule has 0 N–H and O–H groups in total.